The van der Waals surface area contributed by atoms with Gasteiger partial charge in [0, 0.05) is 26.8 Å². The van der Waals surface area contributed by atoms with Gasteiger partial charge >= 0.3 is 0 Å². The molecule has 11 rings (SSSR count). The molecule has 300 valence electrons. The molecule has 1 heterocycles. The average molecular weight is 824 g/mol. The summed E-state index contributed by atoms with van der Waals surface area (Å²) in [6.45, 7) is 4.50. The van der Waals surface area contributed by atoms with E-state index in [-0.39, 0.29) is 0 Å². The number of nitrogens with zero attached hydrogens (tertiary/aromatic N) is 1. The van der Waals surface area contributed by atoms with Crippen molar-refractivity contribution < 1.29 is 0 Å². The highest BCUT2D eigenvalue weighted by molar-refractivity contribution is 7.26. The third kappa shape index (κ3) is 7.09. The summed E-state index contributed by atoms with van der Waals surface area (Å²) in [5.74, 6) is 0.495. The number of hydrogen-bond acceptors (Lipinski definition) is 2. The summed E-state index contributed by atoms with van der Waals surface area (Å²) < 4.78 is 2.57. The third-order valence-corrected chi connectivity index (χ3v) is 13.7. The topological polar surface area (TPSA) is 3.24 Å². The molecule has 1 nitrogen and oxygen atoms in total. The van der Waals surface area contributed by atoms with Crippen LogP contribution < -0.4 is 4.90 Å². The Kier molecular flexibility index (Phi) is 10.00. The lowest BCUT2D eigenvalue weighted by Crippen LogP contribution is -2.10. The van der Waals surface area contributed by atoms with E-state index in [0.717, 1.165) is 11.4 Å². The number of anilines is 3. The fraction of sp³-hybridized carbons (Fsp3) is 0.0492. The molecule has 0 spiro atoms. The summed E-state index contributed by atoms with van der Waals surface area (Å²) in [4.78, 5) is 2.44. The normalized spacial score (nSPS) is 11.5. The smallest absolute Gasteiger partial charge is 0.0640 e. The van der Waals surface area contributed by atoms with Crippen molar-refractivity contribution in [2.24, 2.45) is 0 Å². The van der Waals surface area contributed by atoms with E-state index >= 15 is 0 Å². The molecule has 0 radical (unpaired) electrons. The van der Waals surface area contributed by atoms with Crippen molar-refractivity contribution in [1.29, 1.82) is 0 Å². The Morgan fingerprint density at radius 3 is 1.38 bits per heavy atom. The minimum Gasteiger partial charge on any atom is -0.309 e. The maximum absolute atomic E-state index is 2.44. The molecule has 0 aliphatic rings. The molecule has 63 heavy (non-hydrogen) atoms. The lowest BCUT2D eigenvalue weighted by molar-refractivity contribution is 0.867. The molecule has 10 aromatic carbocycles. The monoisotopic (exact) mass is 823 g/mol. The van der Waals surface area contributed by atoms with Crippen molar-refractivity contribution in [2.45, 2.75) is 19.8 Å². The lowest BCUT2D eigenvalue weighted by Gasteiger charge is -2.27. The largest absolute Gasteiger partial charge is 0.309 e. The summed E-state index contributed by atoms with van der Waals surface area (Å²) in [5, 5.41) is 5.08. The van der Waals surface area contributed by atoms with E-state index < -0.39 is 0 Å². The van der Waals surface area contributed by atoms with Crippen LogP contribution in [0.5, 0.6) is 0 Å². The summed E-state index contributed by atoms with van der Waals surface area (Å²) in [5.41, 5.74) is 16.9. The zero-order valence-electron chi connectivity index (χ0n) is 35.4. The van der Waals surface area contributed by atoms with Gasteiger partial charge in [-0.05, 0) is 114 Å². The van der Waals surface area contributed by atoms with Crippen LogP contribution in [0, 0.1) is 0 Å². The Labute approximate surface area is 373 Å². The predicted octanol–water partition coefficient (Wildman–Crippen LogP) is 18.1. The zero-order chi connectivity index (χ0) is 42.3. The number of hydrogen-bond donors (Lipinski definition) is 0. The van der Waals surface area contributed by atoms with Crippen LogP contribution >= 0.6 is 11.3 Å². The molecule has 0 N–H and O–H groups in total. The third-order valence-electron chi connectivity index (χ3n) is 12.5. The van der Waals surface area contributed by atoms with Crippen LogP contribution in [0.15, 0.2) is 231 Å². The van der Waals surface area contributed by atoms with Crippen LogP contribution in [0.2, 0.25) is 0 Å². The summed E-state index contributed by atoms with van der Waals surface area (Å²) in [7, 11) is 0. The second-order valence-corrected chi connectivity index (χ2v) is 17.7. The molecule has 0 bridgehead atoms. The molecular weight excluding hydrogens is 779 g/mol. The van der Waals surface area contributed by atoms with Gasteiger partial charge in [0.05, 0.1) is 10.4 Å². The van der Waals surface area contributed by atoms with Crippen LogP contribution in [0.1, 0.15) is 25.3 Å². The van der Waals surface area contributed by atoms with Gasteiger partial charge in [-0.2, -0.15) is 0 Å². The number of benzene rings is 10. The van der Waals surface area contributed by atoms with Gasteiger partial charge in [-0.3, -0.25) is 0 Å². The summed E-state index contributed by atoms with van der Waals surface area (Å²) in [6, 6.07) is 84.6. The van der Waals surface area contributed by atoms with Crippen LogP contribution in [0.4, 0.5) is 17.1 Å². The van der Waals surface area contributed by atoms with E-state index in [0.29, 0.717) is 5.92 Å². The highest BCUT2D eigenvalue weighted by Crippen LogP contribution is 2.46. The first-order valence-electron chi connectivity index (χ1n) is 21.9. The van der Waals surface area contributed by atoms with E-state index in [2.05, 4.69) is 249 Å². The molecule has 0 atom stereocenters. The van der Waals surface area contributed by atoms with Crippen molar-refractivity contribution in [3.63, 3.8) is 0 Å². The van der Waals surface area contributed by atoms with Gasteiger partial charge in [0.15, 0.2) is 0 Å². The lowest BCUT2D eigenvalue weighted by atomic mass is 9.89. The Balaban J connectivity index is 1.02. The molecule has 0 aliphatic carbocycles. The fourth-order valence-electron chi connectivity index (χ4n) is 9.34. The Bertz CT molecular complexity index is 3390. The highest BCUT2D eigenvalue weighted by Gasteiger charge is 2.20. The SMILES string of the molecule is CC(C)c1ccc(-c2ccccc2-c2ccccc2-c2ccc(N(c3ccc(-c4cccc5cccc(-c6ccccc6)c45)cc3)c3cccc4c3sc3ccccc34)cc2)cc1. The first kappa shape index (κ1) is 38.4. The van der Waals surface area contributed by atoms with E-state index in [1.807, 2.05) is 11.3 Å². The molecule has 2 heteroatoms. The van der Waals surface area contributed by atoms with Crippen molar-refractivity contribution in [3.8, 4) is 55.6 Å². The van der Waals surface area contributed by atoms with Crippen molar-refractivity contribution in [1.82, 2.24) is 0 Å². The van der Waals surface area contributed by atoms with Gasteiger partial charge in [-0.25, -0.2) is 0 Å². The number of thiophene rings is 1. The second kappa shape index (κ2) is 16.4. The van der Waals surface area contributed by atoms with Crippen molar-refractivity contribution in [3.05, 3.63) is 236 Å². The second-order valence-electron chi connectivity index (χ2n) is 16.6. The maximum atomic E-state index is 2.44. The Morgan fingerprint density at radius 2 is 0.794 bits per heavy atom. The number of fused-ring (bicyclic) bond motifs is 4. The van der Waals surface area contributed by atoms with Crippen LogP contribution in [0.25, 0.3) is 86.6 Å². The van der Waals surface area contributed by atoms with E-state index in [1.54, 1.807) is 0 Å². The summed E-state index contributed by atoms with van der Waals surface area (Å²) in [6.07, 6.45) is 0. The molecule has 0 saturated carbocycles. The molecule has 11 aromatic rings. The molecular formula is C61H45NS. The molecule has 1 aromatic heterocycles. The number of rotatable bonds is 9. The Morgan fingerprint density at radius 1 is 0.349 bits per heavy atom. The molecule has 0 amide bonds. The van der Waals surface area contributed by atoms with Gasteiger partial charge < -0.3 is 4.90 Å². The van der Waals surface area contributed by atoms with Gasteiger partial charge in [0.1, 0.15) is 0 Å². The van der Waals surface area contributed by atoms with Crippen LogP contribution in [-0.2, 0) is 0 Å². The quantitative estimate of drug-likeness (QED) is 0.140. The molecule has 0 fully saturated rings. The van der Waals surface area contributed by atoms with Crippen LogP contribution in [-0.4, -0.2) is 0 Å². The van der Waals surface area contributed by atoms with Crippen molar-refractivity contribution in [2.75, 3.05) is 4.90 Å². The standard InChI is InChI=1S/C61H45NS/c1-41(2)42-29-31-44(32-30-42)50-19-6-8-21-54(50)55-22-9-7-20-51(55)45-33-37-48(38-34-45)62(58-27-14-26-57-56-23-10-11-28-59(56)63-61(57)58)49-39-35-46(36-40-49)53-25-13-18-47-17-12-24-52(60(47)53)43-15-4-3-5-16-43/h3-41H,1-2H3. The van der Waals surface area contributed by atoms with Crippen LogP contribution in [0.3, 0.4) is 0 Å². The van der Waals surface area contributed by atoms with Crippen molar-refractivity contribution >= 4 is 59.3 Å². The van der Waals surface area contributed by atoms with E-state index in [4.69, 9.17) is 0 Å². The van der Waals surface area contributed by atoms with Gasteiger partial charge in [0.25, 0.3) is 0 Å². The first-order chi connectivity index (χ1) is 31.1. The summed E-state index contributed by atoms with van der Waals surface area (Å²) >= 11 is 1.87. The molecule has 0 saturated heterocycles. The fourth-order valence-corrected chi connectivity index (χ4v) is 10.5. The average Bonchev–Trinajstić information content (AvgIpc) is 3.74. The predicted molar refractivity (Wildman–Crippen MR) is 273 cm³/mol. The van der Waals surface area contributed by atoms with Gasteiger partial charge in [0.2, 0.25) is 0 Å². The van der Waals surface area contributed by atoms with E-state index in [1.165, 1.54) is 97.8 Å². The minimum atomic E-state index is 0.495. The molecule has 0 unspecified atom stereocenters. The Hall–Kier alpha value is -7.52. The highest BCUT2D eigenvalue weighted by atomic mass is 32.1. The zero-order valence-corrected chi connectivity index (χ0v) is 36.2. The van der Waals surface area contributed by atoms with Gasteiger partial charge in [-0.1, -0.05) is 208 Å². The first-order valence-corrected chi connectivity index (χ1v) is 22.7. The minimum absolute atomic E-state index is 0.495. The maximum Gasteiger partial charge on any atom is 0.0640 e. The molecule has 0 aliphatic heterocycles. The van der Waals surface area contributed by atoms with E-state index in [9.17, 15) is 0 Å². The van der Waals surface area contributed by atoms with Gasteiger partial charge in [-0.15, -0.1) is 11.3 Å².